The van der Waals surface area contributed by atoms with Crippen LogP contribution in [0.25, 0.3) is 0 Å². The molecule has 0 aromatic carbocycles. The Balaban J connectivity index is 1.89. The molecule has 1 aliphatic rings. The number of carbonyl (C=O) groups excluding carboxylic acids is 1. The summed E-state index contributed by atoms with van der Waals surface area (Å²) in [5.41, 5.74) is 1.23. The van der Waals surface area contributed by atoms with E-state index in [4.69, 9.17) is 4.74 Å². The summed E-state index contributed by atoms with van der Waals surface area (Å²) in [7, 11) is 1.63. The molecule has 0 aliphatic carbocycles. The lowest BCUT2D eigenvalue weighted by Crippen LogP contribution is -2.29. The van der Waals surface area contributed by atoms with Gasteiger partial charge in [-0.3, -0.25) is 4.79 Å². The first-order valence-corrected chi connectivity index (χ1v) is 7.93. The molecular formula is C16H27N3O2. The molecule has 1 aliphatic heterocycles. The number of carbonyl (C=O) groups is 1. The molecule has 2 heterocycles. The molecule has 0 radical (unpaired) electrons. The molecule has 0 spiro atoms. The van der Waals surface area contributed by atoms with Crippen molar-refractivity contribution >= 4 is 5.91 Å². The molecule has 5 nitrogen and oxygen atoms in total. The van der Waals surface area contributed by atoms with Gasteiger partial charge < -0.3 is 14.2 Å². The molecule has 1 saturated heterocycles. The summed E-state index contributed by atoms with van der Waals surface area (Å²) in [5, 5.41) is 0. The number of hydrogen-bond donors (Lipinski definition) is 0. The summed E-state index contributed by atoms with van der Waals surface area (Å²) in [5.74, 6) is 1.92. The van der Waals surface area contributed by atoms with Gasteiger partial charge in [0.2, 0.25) is 5.91 Å². The van der Waals surface area contributed by atoms with Crippen LogP contribution in [0.3, 0.4) is 0 Å². The molecule has 1 unspecified atom stereocenters. The largest absolute Gasteiger partial charge is 0.384 e. The topological polar surface area (TPSA) is 47.4 Å². The van der Waals surface area contributed by atoms with Crippen molar-refractivity contribution in [1.82, 2.24) is 14.5 Å². The van der Waals surface area contributed by atoms with Crippen molar-refractivity contribution in [3.8, 4) is 0 Å². The van der Waals surface area contributed by atoms with E-state index in [1.54, 1.807) is 7.11 Å². The highest BCUT2D eigenvalue weighted by atomic mass is 16.5. The number of aromatic nitrogens is 2. The lowest BCUT2D eigenvalue weighted by Gasteiger charge is -2.17. The van der Waals surface area contributed by atoms with Crippen LogP contribution in [-0.4, -0.2) is 47.2 Å². The average molecular weight is 293 g/mol. The van der Waals surface area contributed by atoms with Crippen LogP contribution < -0.4 is 0 Å². The first-order chi connectivity index (χ1) is 10.2. The Morgan fingerprint density at radius 2 is 2.33 bits per heavy atom. The smallest absolute Gasteiger partial charge is 0.224 e. The highest BCUT2D eigenvalue weighted by Gasteiger charge is 2.27. The van der Waals surface area contributed by atoms with Crippen LogP contribution >= 0.6 is 0 Å². The third-order valence-corrected chi connectivity index (χ3v) is 4.21. The fourth-order valence-electron chi connectivity index (χ4n) is 3.03. The van der Waals surface area contributed by atoms with E-state index in [0.29, 0.717) is 18.9 Å². The van der Waals surface area contributed by atoms with Crippen molar-refractivity contribution in [1.29, 1.82) is 0 Å². The number of nitrogens with zero attached hydrogens (tertiary/aromatic N) is 3. The molecular weight excluding hydrogens is 266 g/mol. The Hall–Kier alpha value is -1.36. The zero-order valence-corrected chi connectivity index (χ0v) is 13.5. The summed E-state index contributed by atoms with van der Waals surface area (Å²) < 4.78 is 7.29. The Labute approximate surface area is 127 Å². The van der Waals surface area contributed by atoms with Crippen molar-refractivity contribution < 1.29 is 9.53 Å². The number of hydrogen-bond acceptors (Lipinski definition) is 3. The first-order valence-electron chi connectivity index (χ1n) is 7.93. The fourth-order valence-corrected chi connectivity index (χ4v) is 3.03. The molecule has 5 heteroatoms. The van der Waals surface area contributed by atoms with Gasteiger partial charge in [0.15, 0.2) is 0 Å². The molecule has 21 heavy (non-hydrogen) atoms. The number of amides is 1. The van der Waals surface area contributed by atoms with E-state index in [-0.39, 0.29) is 5.91 Å². The van der Waals surface area contributed by atoms with Crippen molar-refractivity contribution in [2.45, 2.75) is 46.1 Å². The number of ether oxygens (including phenoxy) is 1. The summed E-state index contributed by atoms with van der Waals surface area (Å²) in [6, 6.07) is 0. The van der Waals surface area contributed by atoms with Gasteiger partial charge in [-0.15, -0.1) is 0 Å². The molecule has 0 N–H and O–H groups in total. The monoisotopic (exact) mass is 293 g/mol. The average Bonchev–Trinajstić information content (AvgIpc) is 3.07. The number of rotatable bonds is 7. The predicted octanol–water partition coefficient (Wildman–Crippen LogP) is 2.03. The maximum absolute atomic E-state index is 12.0. The van der Waals surface area contributed by atoms with Gasteiger partial charge in [0.25, 0.3) is 0 Å². The maximum Gasteiger partial charge on any atom is 0.224 e. The number of methoxy groups -OCH3 is 1. The van der Waals surface area contributed by atoms with E-state index < -0.39 is 0 Å². The summed E-state index contributed by atoms with van der Waals surface area (Å²) in [6.45, 7) is 7.59. The van der Waals surface area contributed by atoms with Gasteiger partial charge in [-0.05, 0) is 25.7 Å². The SMILES string of the molecule is CCCn1c(C)cnc1CC1CCN(C(=O)CCOC)C1. The van der Waals surface area contributed by atoms with Crippen LogP contribution in [-0.2, 0) is 22.5 Å². The second-order valence-electron chi connectivity index (χ2n) is 5.91. The Kier molecular flexibility index (Phi) is 5.79. The minimum atomic E-state index is 0.215. The first kappa shape index (κ1) is 16.0. The minimum absolute atomic E-state index is 0.215. The lowest BCUT2D eigenvalue weighted by atomic mass is 10.0. The van der Waals surface area contributed by atoms with Crippen LogP contribution in [0, 0.1) is 12.8 Å². The number of imidazole rings is 1. The van der Waals surface area contributed by atoms with E-state index in [1.165, 1.54) is 11.5 Å². The zero-order valence-electron chi connectivity index (χ0n) is 13.5. The molecule has 118 valence electrons. The van der Waals surface area contributed by atoms with Crippen LogP contribution in [0.15, 0.2) is 6.20 Å². The lowest BCUT2D eigenvalue weighted by molar-refractivity contribution is -0.131. The molecule has 1 amide bonds. The van der Waals surface area contributed by atoms with Gasteiger partial charge >= 0.3 is 0 Å². The van der Waals surface area contributed by atoms with Crippen LogP contribution in [0.4, 0.5) is 0 Å². The highest BCUT2D eigenvalue weighted by Crippen LogP contribution is 2.21. The minimum Gasteiger partial charge on any atom is -0.384 e. The Morgan fingerprint density at radius 1 is 1.52 bits per heavy atom. The van der Waals surface area contributed by atoms with Gasteiger partial charge in [0, 0.05) is 45.1 Å². The van der Waals surface area contributed by atoms with E-state index in [1.807, 2.05) is 11.1 Å². The van der Waals surface area contributed by atoms with Gasteiger partial charge in [-0.1, -0.05) is 6.92 Å². The second kappa shape index (κ2) is 7.59. The van der Waals surface area contributed by atoms with Gasteiger partial charge in [0.1, 0.15) is 5.82 Å². The van der Waals surface area contributed by atoms with Crippen molar-refractivity contribution in [2.75, 3.05) is 26.8 Å². The molecule has 1 aromatic rings. The molecule has 0 saturated carbocycles. The maximum atomic E-state index is 12.0. The standard InChI is InChI=1S/C16H27N3O2/c1-4-7-19-13(2)11-17-15(19)10-14-5-8-18(12-14)16(20)6-9-21-3/h11,14H,4-10,12H2,1-3H3. The third kappa shape index (κ3) is 4.06. The quantitative estimate of drug-likeness (QED) is 0.773. The summed E-state index contributed by atoms with van der Waals surface area (Å²) in [6.07, 6.45) is 5.63. The van der Waals surface area contributed by atoms with E-state index in [0.717, 1.165) is 38.9 Å². The number of aryl methyl sites for hydroxylation is 1. The van der Waals surface area contributed by atoms with Crippen LogP contribution in [0.5, 0.6) is 0 Å². The second-order valence-corrected chi connectivity index (χ2v) is 5.91. The van der Waals surface area contributed by atoms with Gasteiger partial charge in [-0.25, -0.2) is 4.98 Å². The Morgan fingerprint density at radius 3 is 3.05 bits per heavy atom. The van der Waals surface area contributed by atoms with Crippen LogP contribution in [0.1, 0.15) is 37.7 Å². The normalized spacial score (nSPS) is 18.4. The van der Waals surface area contributed by atoms with Crippen molar-refractivity contribution in [2.24, 2.45) is 5.92 Å². The summed E-state index contributed by atoms with van der Waals surface area (Å²) in [4.78, 5) is 18.5. The summed E-state index contributed by atoms with van der Waals surface area (Å²) >= 11 is 0. The molecule has 1 aromatic heterocycles. The predicted molar refractivity (Wildman–Crippen MR) is 82.1 cm³/mol. The molecule has 1 fully saturated rings. The highest BCUT2D eigenvalue weighted by molar-refractivity contribution is 5.76. The molecule has 2 rings (SSSR count). The van der Waals surface area contributed by atoms with Crippen molar-refractivity contribution in [3.05, 3.63) is 17.7 Å². The van der Waals surface area contributed by atoms with Gasteiger partial charge in [0.05, 0.1) is 13.0 Å². The van der Waals surface area contributed by atoms with Gasteiger partial charge in [-0.2, -0.15) is 0 Å². The van der Waals surface area contributed by atoms with Crippen molar-refractivity contribution in [3.63, 3.8) is 0 Å². The van der Waals surface area contributed by atoms with E-state index in [2.05, 4.69) is 23.4 Å². The van der Waals surface area contributed by atoms with E-state index in [9.17, 15) is 4.79 Å². The zero-order chi connectivity index (χ0) is 15.2. The Bertz CT molecular complexity index is 470. The van der Waals surface area contributed by atoms with Crippen LogP contribution in [0.2, 0.25) is 0 Å². The molecule has 1 atom stereocenters. The number of likely N-dealkylation sites (tertiary alicyclic amines) is 1. The fraction of sp³-hybridized carbons (Fsp3) is 0.750. The third-order valence-electron chi connectivity index (χ3n) is 4.21. The molecule has 0 bridgehead atoms. The van der Waals surface area contributed by atoms with E-state index >= 15 is 0 Å².